The molecule has 1 aliphatic rings. The normalized spacial score (nSPS) is 14.8. The van der Waals surface area contributed by atoms with Crippen LogP contribution in [0.25, 0.3) is 22.3 Å². The largest absolute Gasteiger partial charge is 0.399 e. The van der Waals surface area contributed by atoms with Crippen molar-refractivity contribution in [3.05, 3.63) is 54.2 Å². The maximum absolute atomic E-state index is 5.87. The van der Waals surface area contributed by atoms with Gasteiger partial charge in [0.05, 0.1) is 5.52 Å². The highest BCUT2D eigenvalue weighted by Crippen LogP contribution is 2.30. The van der Waals surface area contributed by atoms with Crippen molar-refractivity contribution in [3.63, 3.8) is 0 Å². The molecule has 8 nitrogen and oxygen atoms in total. The van der Waals surface area contributed by atoms with Gasteiger partial charge in [0.1, 0.15) is 5.82 Å². The Morgan fingerprint density at radius 2 is 1.74 bits per heavy atom. The molecule has 0 aliphatic carbocycles. The number of nitrogens with two attached hydrogens (primary N) is 1. The van der Waals surface area contributed by atoms with Crippen LogP contribution in [0.4, 0.5) is 23.0 Å². The molecule has 4 N–H and O–H groups in total. The van der Waals surface area contributed by atoms with Gasteiger partial charge >= 0.3 is 0 Å². The third kappa shape index (κ3) is 4.02. The Bertz CT molecular complexity index is 1210. The van der Waals surface area contributed by atoms with Crippen molar-refractivity contribution < 1.29 is 0 Å². The Hall–Kier alpha value is -3.65. The number of hydrogen-bond acceptors (Lipinski definition) is 7. The highest BCUT2D eigenvalue weighted by atomic mass is 15.2. The van der Waals surface area contributed by atoms with Gasteiger partial charge in [-0.3, -0.25) is 5.10 Å². The Morgan fingerprint density at radius 1 is 0.968 bits per heavy atom. The molecule has 2 aromatic heterocycles. The first-order chi connectivity index (χ1) is 15.0. The van der Waals surface area contributed by atoms with E-state index in [0.29, 0.717) is 11.5 Å². The second-order valence-corrected chi connectivity index (χ2v) is 8.07. The van der Waals surface area contributed by atoms with Crippen LogP contribution in [0.1, 0.15) is 5.69 Å². The van der Waals surface area contributed by atoms with Crippen LogP contribution in [0.3, 0.4) is 0 Å². The van der Waals surface area contributed by atoms with Crippen LogP contribution in [-0.2, 0) is 0 Å². The van der Waals surface area contributed by atoms with Gasteiger partial charge in [0, 0.05) is 60.3 Å². The van der Waals surface area contributed by atoms with Gasteiger partial charge in [-0.05, 0) is 56.4 Å². The molecule has 31 heavy (non-hydrogen) atoms. The van der Waals surface area contributed by atoms with Crippen molar-refractivity contribution in [2.75, 3.05) is 49.2 Å². The number of benzene rings is 2. The summed E-state index contributed by atoms with van der Waals surface area (Å²) in [5.74, 6) is 2.11. The average molecular weight is 415 g/mol. The van der Waals surface area contributed by atoms with E-state index in [-0.39, 0.29) is 0 Å². The van der Waals surface area contributed by atoms with Gasteiger partial charge in [-0.1, -0.05) is 0 Å². The molecule has 0 radical (unpaired) electrons. The summed E-state index contributed by atoms with van der Waals surface area (Å²) in [4.78, 5) is 14.5. The number of aromatic nitrogens is 4. The molecule has 4 aromatic rings. The van der Waals surface area contributed by atoms with E-state index in [1.54, 1.807) is 0 Å². The summed E-state index contributed by atoms with van der Waals surface area (Å²) in [6.07, 6.45) is 0. The lowest BCUT2D eigenvalue weighted by Gasteiger charge is -2.34. The monoisotopic (exact) mass is 414 g/mol. The van der Waals surface area contributed by atoms with Crippen molar-refractivity contribution in [1.29, 1.82) is 0 Å². The minimum absolute atomic E-state index is 0.651. The summed E-state index contributed by atoms with van der Waals surface area (Å²) in [5, 5.41) is 11.6. The Labute approximate surface area is 181 Å². The SMILES string of the molecule is Cc1cc(Nc2nc(-c3ccc(N)cc3)nc3cc(N4CCN(C)CC4)ccc23)n[nH]1. The van der Waals surface area contributed by atoms with Gasteiger partial charge in [-0.25, -0.2) is 9.97 Å². The number of nitrogens with zero attached hydrogens (tertiary/aromatic N) is 5. The fourth-order valence-electron chi connectivity index (χ4n) is 3.84. The van der Waals surface area contributed by atoms with E-state index in [1.807, 2.05) is 37.3 Å². The number of fused-ring (bicyclic) bond motifs is 1. The number of H-pyrrole nitrogens is 1. The maximum Gasteiger partial charge on any atom is 0.162 e. The molecule has 1 fully saturated rings. The number of rotatable bonds is 4. The molecule has 1 aliphatic heterocycles. The molecule has 158 valence electrons. The zero-order valence-electron chi connectivity index (χ0n) is 17.8. The Balaban J connectivity index is 1.59. The van der Waals surface area contributed by atoms with E-state index in [9.17, 15) is 0 Å². The van der Waals surface area contributed by atoms with Crippen LogP contribution in [0.2, 0.25) is 0 Å². The molecule has 0 bridgehead atoms. The average Bonchev–Trinajstić information content (AvgIpc) is 3.19. The third-order valence-electron chi connectivity index (χ3n) is 5.67. The van der Waals surface area contributed by atoms with Crippen LogP contribution in [0.15, 0.2) is 48.5 Å². The van der Waals surface area contributed by atoms with E-state index in [1.165, 1.54) is 5.69 Å². The van der Waals surface area contributed by atoms with Crippen LogP contribution in [-0.4, -0.2) is 58.3 Å². The van der Waals surface area contributed by atoms with Crippen molar-refractivity contribution in [2.24, 2.45) is 0 Å². The summed E-state index contributed by atoms with van der Waals surface area (Å²) in [6.45, 7) is 6.11. The molecule has 0 unspecified atom stereocenters. The number of nitrogen functional groups attached to an aromatic ring is 1. The molecule has 3 heterocycles. The predicted molar refractivity (Wildman–Crippen MR) is 126 cm³/mol. The van der Waals surface area contributed by atoms with E-state index in [4.69, 9.17) is 15.7 Å². The van der Waals surface area contributed by atoms with Gasteiger partial charge in [0.25, 0.3) is 0 Å². The van der Waals surface area contributed by atoms with E-state index >= 15 is 0 Å². The zero-order chi connectivity index (χ0) is 21.4. The van der Waals surface area contributed by atoms with Gasteiger partial charge in [-0.15, -0.1) is 0 Å². The summed E-state index contributed by atoms with van der Waals surface area (Å²) in [6, 6.07) is 16.0. The number of hydrogen-bond donors (Lipinski definition) is 3. The van der Waals surface area contributed by atoms with Gasteiger partial charge in [0.2, 0.25) is 0 Å². The molecule has 2 aromatic carbocycles. The molecule has 0 atom stereocenters. The van der Waals surface area contributed by atoms with Crippen LogP contribution >= 0.6 is 0 Å². The lowest BCUT2D eigenvalue weighted by Crippen LogP contribution is -2.44. The van der Waals surface area contributed by atoms with E-state index in [0.717, 1.165) is 60.0 Å². The molecule has 5 rings (SSSR count). The minimum atomic E-state index is 0.651. The molecule has 0 amide bonds. The van der Waals surface area contributed by atoms with Crippen molar-refractivity contribution in [1.82, 2.24) is 25.1 Å². The van der Waals surface area contributed by atoms with Gasteiger partial charge in [-0.2, -0.15) is 5.10 Å². The van der Waals surface area contributed by atoms with Crippen LogP contribution < -0.4 is 16.0 Å². The summed E-state index contributed by atoms with van der Waals surface area (Å²) < 4.78 is 0. The topological polar surface area (TPSA) is 99.0 Å². The predicted octanol–water partition coefficient (Wildman–Crippen LogP) is 3.41. The minimum Gasteiger partial charge on any atom is -0.399 e. The summed E-state index contributed by atoms with van der Waals surface area (Å²) >= 11 is 0. The standard InChI is InChI=1S/C23H26N8/c1-15-13-21(29-28-15)26-23-19-8-7-18(31-11-9-30(2)10-12-31)14-20(19)25-22(27-23)16-3-5-17(24)6-4-16/h3-8,13-14H,9-12,24H2,1-2H3,(H2,25,26,27,28,29). The molecular weight excluding hydrogens is 388 g/mol. The maximum atomic E-state index is 5.87. The van der Waals surface area contributed by atoms with Crippen LogP contribution in [0, 0.1) is 6.92 Å². The van der Waals surface area contributed by atoms with Crippen molar-refractivity contribution in [2.45, 2.75) is 6.92 Å². The lowest BCUT2D eigenvalue weighted by atomic mass is 10.1. The molecule has 1 saturated heterocycles. The third-order valence-corrected chi connectivity index (χ3v) is 5.67. The van der Waals surface area contributed by atoms with Crippen molar-refractivity contribution in [3.8, 4) is 11.4 Å². The summed E-state index contributed by atoms with van der Waals surface area (Å²) in [7, 11) is 2.17. The number of piperazine rings is 1. The number of likely N-dealkylation sites (N-methyl/N-ethyl adjacent to an activating group) is 1. The fourth-order valence-corrected chi connectivity index (χ4v) is 3.84. The zero-order valence-corrected chi connectivity index (χ0v) is 17.8. The molecule has 0 saturated carbocycles. The quantitative estimate of drug-likeness (QED) is 0.440. The second kappa shape index (κ2) is 7.88. The number of aromatic amines is 1. The highest BCUT2D eigenvalue weighted by molar-refractivity contribution is 5.94. The fraction of sp³-hybridized carbons (Fsp3) is 0.261. The lowest BCUT2D eigenvalue weighted by molar-refractivity contribution is 0.313. The first kappa shape index (κ1) is 19.3. The summed E-state index contributed by atoms with van der Waals surface area (Å²) in [5.41, 5.74) is 10.6. The molecule has 8 heteroatoms. The molecular formula is C23H26N8. The number of anilines is 4. The first-order valence-electron chi connectivity index (χ1n) is 10.5. The van der Waals surface area contributed by atoms with E-state index < -0.39 is 0 Å². The Kier molecular flexibility index (Phi) is 4.91. The van der Waals surface area contributed by atoms with Crippen LogP contribution in [0.5, 0.6) is 0 Å². The van der Waals surface area contributed by atoms with E-state index in [2.05, 4.69) is 50.6 Å². The second-order valence-electron chi connectivity index (χ2n) is 8.07. The smallest absolute Gasteiger partial charge is 0.162 e. The molecule has 0 spiro atoms. The number of nitrogens with one attached hydrogen (secondary N) is 2. The Morgan fingerprint density at radius 3 is 2.45 bits per heavy atom. The van der Waals surface area contributed by atoms with Crippen molar-refractivity contribution >= 4 is 33.9 Å². The first-order valence-corrected chi connectivity index (χ1v) is 10.5. The van der Waals surface area contributed by atoms with Gasteiger partial charge in [0.15, 0.2) is 11.6 Å². The highest BCUT2D eigenvalue weighted by Gasteiger charge is 2.17. The number of aryl methyl sites for hydroxylation is 1. The van der Waals surface area contributed by atoms with Gasteiger partial charge < -0.3 is 20.9 Å².